The van der Waals surface area contributed by atoms with Crippen molar-refractivity contribution < 1.29 is 13.9 Å². The summed E-state index contributed by atoms with van der Waals surface area (Å²) >= 11 is 11.7. The largest absolute Gasteiger partial charge is 0.493 e. The minimum absolute atomic E-state index is 0.0137. The minimum atomic E-state index is -0.570. The fourth-order valence-electron chi connectivity index (χ4n) is 2.95. The maximum atomic E-state index is 13.8. The summed E-state index contributed by atoms with van der Waals surface area (Å²) in [5.41, 5.74) is 3.60. The van der Waals surface area contributed by atoms with E-state index < -0.39 is 11.7 Å². The van der Waals surface area contributed by atoms with Crippen LogP contribution in [-0.2, 0) is 0 Å². The first kappa shape index (κ1) is 22.5. The second-order valence-corrected chi connectivity index (χ2v) is 7.61. The molecule has 3 aromatic rings. The number of aryl methyl sites for hydroxylation is 2. The first-order valence-corrected chi connectivity index (χ1v) is 10.2. The Balaban J connectivity index is 1.69. The molecule has 0 atom stereocenters. The van der Waals surface area contributed by atoms with E-state index in [-0.39, 0.29) is 5.56 Å². The number of carbonyl (C=O) groups is 1. The van der Waals surface area contributed by atoms with Crippen molar-refractivity contribution in [1.29, 1.82) is 0 Å². The van der Waals surface area contributed by atoms with Crippen molar-refractivity contribution in [2.45, 2.75) is 13.8 Å². The van der Waals surface area contributed by atoms with E-state index in [1.165, 1.54) is 18.2 Å². The zero-order valence-corrected chi connectivity index (χ0v) is 18.7. The van der Waals surface area contributed by atoms with Crippen LogP contribution in [0.5, 0.6) is 5.75 Å². The lowest BCUT2D eigenvalue weighted by atomic mass is 10.1. The number of hydrogen-bond donors (Lipinski definition) is 3. The Kier molecular flexibility index (Phi) is 7.09. The molecular formula is C23H21ClFN3O2S. The van der Waals surface area contributed by atoms with Crippen molar-refractivity contribution in [2.75, 3.05) is 23.1 Å². The summed E-state index contributed by atoms with van der Waals surface area (Å²) in [6.45, 7) is 3.72. The molecule has 0 saturated carbocycles. The predicted molar refractivity (Wildman–Crippen MR) is 128 cm³/mol. The molecule has 5 nitrogen and oxygen atoms in total. The first-order chi connectivity index (χ1) is 14.8. The molecular weight excluding hydrogens is 437 g/mol. The van der Waals surface area contributed by atoms with Crippen molar-refractivity contribution in [2.24, 2.45) is 0 Å². The molecule has 0 unspecified atom stereocenters. The summed E-state index contributed by atoms with van der Waals surface area (Å²) in [5.74, 6) is -0.574. The van der Waals surface area contributed by atoms with Gasteiger partial charge in [-0.3, -0.25) is 4.79 Å². The monoisotopic (exact) mass is 457 g/mol. The third-order valence-electron chi connectivity index (χ3n) is 4.59. The summed E-state index contributed by atoms with van der Waals surface area (Å²) in [7, 11) is 1.54. The van der Waals surface area contributed by atoms with E-state index in [2.05, 4.69) is 16.0 Å². The van der Waals surface area contributed by atoms with Gasteiger partial charge < -0.3 is 20.7 Å². The van der Waals surface area contributed by atoms with Crippen molar-refractivity contribution in [3.8, 4) is 5.75 Å². The van der Waals surface area contributed by atoms with Crippen LogP contribution in [0.15, 0.2) is 54.6 Å². The molecule has 0 aliphatic heterocycles. The summed E-state index contributed by atoms with van der Waals surface area (Å²) in [6, 6.07) is 14.8. The standard InChI is InChI=1S/C23H21ClFN3O2S/c1-13-8-10-19(21(30-3)20(13)24)28-23(31)26-15-9-11-18(14(2)12-15)27-22(29)16-6-4-5-7-17(16)25/h4-12H,1-3H3,(H,27,29)(H2,26,28,31). The van der Waals surface area contributed by atoms with Gasteiger partial charge >= 0.3 is 0 Å². The molecule has 3 aromatic carbocycles. The van der Waals surface area contributed by atoms with Crippen LogP contribution in [0.3, 0.4) is 0 Å². The number of rotatable bonds is 5. The van der Waals surface area contributed by atoms with E-state index in [0.717, 1.165) is 16.8 Å². The summed E-state index contributed by atoms with van der Waals surface area (Å²) in [4.78, 5) is 12.3. The van der Waals surface area contributed by atoms with Crippen molar-refractivity contribution in [3.63, 3.8) is 0 Å². The van der Waals surface area contributed by atoms with Crippen LogP contribution in [0.4, 0.5) is 21.5 Å². The zero-order chi connectivity index (χ0) is 22.5. The number of methoxy groups -OCH3 is 1. The normalized spacial score (nSPS) is 10.4. The Morgan fingerprint density at radius 2 is 1.68 bits per heavy atom. The number of anilines is 3. The number of ether oxygens (including phenoxy) is 1. The van der Waals surface area contributed by atoms with Gasteiger partial charge in [-0.1, -0.05) is 29.8 Å². The molecule has 1 amide bonds. The first-order valence-electron chi connectivity index (χ1n) is 9.37. The summed E-state index contributed by atoms with van der Waals surface area (Å²) in [5, 5.41) is 9.75. The third kappa shape index (κ3) is 5.31. The average molecular weight is 458 g/mol. The molecule has 0 saturated heterocycles. The highest BCUT2D eigenvalue weighted by atomic mass is 35.5. The molecule has 0 bridgehead atoms. The number of carbonyl (C=O) groups excluding carboxylic acids is 1. The molecule has 0 spiro atoms. The summed E-state index contributed by atoms with van der Waals surface area (Å²) < 4.78 is 19.2. The van der Waals surface area contributed by atoms with E-state index in [0.29, 0.717) is 27.3 Å². The van der Waals surface area contributed by atoms with E-state index in [9.17, 15) is 9.18 Å². The van der Waals surface area contributed by atoms with Gasteiger partial charge in [0.25, 0.3) is 5.91 Å². The molecule has 0 heterocycles. The number of halogens is 2. The average Bonchev–Trinajstić information content (AvgIpc) is 2.73. The second-order valence-electron chi connectivity index (χ2n) is 6.82. The van der Waals surface area contributed by atoms with Gasteiger partial charge in [-0.05, 0) is 73.6 Å². The smallest absolute Gasteiger partial charge is 0.258 e. The predicted octanol–water partition coefficient (Wildman–Crippen LogP) is 6.17. The van der Waals surface area contributed by atoms with Gasteiger partial charge in [0.15, 0.2) is 10.9 Å². The van der Waals surface area contributed by atoms with Gasteiger partial charge in [0.1, 0.15) is 5.82 Å². The highest BCUT2D eigenvalue weighted by Crippen LogP contribution is 2.35. The number of hydrogen-bond acceptors (Lipinski definition) is 3. The lowest BCUT2D eigenvalue weighted by Crippen LogP contribution is -2.20. The maximum Gasteiger partial charge on any atom is 0.258 e. The van der Waals surface area contributed by atoms with Gasteiger partial charge in [0, 0.05) is 11.4 Å². The van der Waals surface area contributed by atoms with E-state index in [1.807, 2.05) is 32.0 Å². The third-order valence-corrected chi connectivity index (χ3v) is 5.27. The lowest BCUT2D eigenvalue weighted by Gasteiger charge is -2.16. The fourth-order valence-corrected chi connectivity index (χ4v) is 3.42. The van der Waals surface area contributed by atoms with Crippen molar-refractivity contribution >= 4 is 51.9 Å². The van der Waals surface area contributed by atoms with Gasteiger partial charge in [-0.2, -0.15) is 0 Å². The minimum Gasteiger partial charge on any atom is -0.493 e. The van der Waals surface area contributed by atoms with Gasteiger partial charge in [-0.15, -0.1) is 0 Å². The van der Waals surface area contributed by atoms with Crippen molar-refractivity contribution in [1.82, 2.24) is 0 Å². The van der Waals surface area contributed by atoms with E-state index in [4.69, 9.17) is 28.6 Å². The van der Waals surface area contributed by atoms with Crippen LogP contribution in [-0.4, -0.2) is 18.1 Å². The quantitative estimate of drug-likeness (QED) is 0.400. The zero-order valence-electron chi connectivity index (χ0n) is 17.2. The van der Waals surface area contributed by atoms with Gasteiger partial charge in [0.2, 0.25) is 0 Å². The van der Waals surface area contributed by atoms with E-state index >= 15 is 0 Å². The Bertz CT molecular complexity index is 1150. The Labute approximate surface area is 190 Å². The molecule has 0 aliphatic rings. The molecule has 0 aliphatic carbocycles. The Morgan fingerprint density at radius 3 is 2.35 bits per heavy atom. The summed E-state index contributed by atoms with van der Waals surface area (Å²) in [6.07, 6.45) is 0. The van der Waals surface area contributed by atoms with Gasteiger partial charge in [0.05, 0.1) is 23.4 Å². The van der Waals surface area contributed by atoms with Gasteiger partial charge in [-0.25, -0.2) is 4.39 Å². The molecule has 0 radical (unpaired) electrons. The van der Waals surface area contributed by atoms with Crippen LogP contribution in [0.2, 0.25) is 5.02 Å². The number of nitrogens with one attached hydrogen (secondary N) is 3. The molecule has 31 heavy (non-hydrogen) atoms. The molecule has 3 N–H and O–H groups in total. The second kappa shape index (κ2) is 9.76. The lowest BCUT2D eigenvalue weighted by molar-refractivity contribution is 0.102. The SMILES string of the molecule is COc1c(NC(=S)Nc2ccc(NC(=O)c3ccccc3F)c(C)c2)ccc(C)c1Cl. The number of benzene rings is 3. The van der Waals surface area contributed by atoms with Crippen LogP contribution < -0.4 is 20.7 Å². The number of thiocarbonyl (C=S) groups is 1. The number of amides is 1. The van der Waals surface area contributed by atoms with Crippen LogP contribution in [0.25, 0.3) is 0 Å². The molecule has 8 heteroatoms. The highest BCUT2D eigenvalue weighted by Gasteiger charge is 2.14. The van der Waals surface area contributed by atoms with Crippen LogP contribution in [0.1, 0.15) is 21.5 Å². The van der Waals surface area contributed by atoms with Crippen molar-refractivity contribution in [3.05, 3.63) is 82.1 Å². The topological polar surface area (TPSA) is 62.4 Å². The fraction of sp³-hybridized carbons (Fsp3) is 0.130. The van der Waals surface area contributed by atoms with E-state index in [1.54, 1.807) is 25.3 Å². The molecule has 160 valence electrons. The Hall–Kier alpha value is -3.16. The highest BCUT2D eigenvalue weighted by molar-refractivity contribution is 7.80. The van der Waals surface area contributed by atoms with Crippen LogP contribution >= 0.6 is 23.8 Å². The Morgan fingerprint density at radius 1 is 0.968 bits per heavy atom. The molecule has 3 rings (SSSR count). The van der Waals surface area contributed by atoms with Crippen LogP contribution in [0, 0.1) is 19.7 Å². The maximum absolute atomic E-state index is 13.8. The molecule has 0 aromatic heterocycles. The molecule has 0 fully saturated rings.